The average Bonchev–Trinajstić information content (AvgIpc) is 2.47. The second-order valence-electron chi connectivity index (χ2n) is 5.02. The molecule has 2 heterocycles. The fraction of sp³-hybridized carbons (Fsp3) is 0.0588. The van der Waals surface area contributed by atoms with Gasteiger partial charge in [-0.2, -0.15) is 0 Å². The molecule has 0 aliphatic rings. The van der Waals surface area contributed by atoms with Crippen LogP contribution in [0.5, 0.6) is 0 Å². The molecule has 2 aromatic carbocycles. The zero-order chi connectivity index (χ0) is 13.7. The molecule has 0 bridgehead atoms. The Bertz CT molecular complexity index is 1030. The molecule has 96 valence electrons. The summed E-state index contributed by atoms with van der Waals surface area (Å²) >= 11 is 0. The van der Waals surface area contributed by atoms with Crippen LogP contribution in [0.15, 0.2) is 59.5 Å². The number of rotatable bonds is 0. The van der Waals surface area contributed by atoms with Gasteiger partial charge in [-0.3, -0.25) is 9.20 Å². The van der Waals surface area contributed by atoms with Crippen LogP contribution in [0, 0.1) is 6.92 Å². The van der Waals surface area contributed by atoms with Gasteiger partial charge in [-0.1, -0.05) is 30.3 Å². The third-order valence-electron chi connectivity index (χ3n) is 3.70. The smallest absolute Gasteiger partial charge is 0.265 e. The summed E-state index contributed by atoms with van der Waals surface area (Å²) in [6, 6.07) is 15.8. The summed E-state index contributed by atoms with van der Waals surface area (Å²) in [6.45, 7) is 1.97. The zero-order valence-corrected chi connectivity index (χ0v) is 11.0. The SMILES string of the molecule is Cc1cccn2c(=O)c3cc4ccccc4cc3nc12. The predicted octanol–water partition coefficient (Wildman–Crippen LogP) is 3.31. The average molecular weight is 260 g/mol. The quantitative estimate of drug-likeness (QED) is 0.455. The van der Waals surface area contributed by atoms with Gasteiger partial charge in [-0.25, -0.2) is 4.98 Å². The molecule has 0 aliphatic carbocycles. The van der Waals surface area contributed by atoms with Crippen molar-refractivity contribution >= 4 is 27.3 Å². The first kappa shape index (κ1) is 11.2. The fourth-order valence-corrected chi connectivity index (χ4v) is 2.65. The summed E-state index contributed by atoms with van der Waals surface area (Å²) < 4.78 is 1.62. The van der Waals surface area contributed by atoms with E-state index >= 15 is 0 Å². The van der Waals surface area contributed by atoms with Crippen molar-refractivity contribution in [3.8, 4) is 0 Å². The molecule has 4 rings (SSSR count). The first-order valence-electron chi connectivity index (χ1n) is 6.54. The minimum atomic E-state index is -0.0144. The van der Waals surface area contributed by atoms with Gasteiger partial charge in [0.05, 0.1) is 10.9 Å². The maximum atomic E-state index is 12.6. The Morgan fingerprint density at radius 2 is 1.75 bits per heavy atom. The van der Waals surface area contributed by atoms with Crippen molar-refractivity contribution < 1.29 is 0 Å². The van der Waals surface area contributed by atoms with E-state index in [-0.39, 0.29) is 5.56 Å². The molecule has 0 saturated carbocycles. The van der Waals surface area contributed by atoms with E-state index in [0.717, 1.165) is 27.5 Å². The molecular weight excluding hydrogens is 248 g/mol. The van der Waals surface area contributed by atoms with Crippen molar-refractivity contribution in [3.63, 3.8) is 0 Å². The fourth-order valence-electron chi connectivity index (χ4n) is 2.65. The first-order valence-corrected chi connectivity index (χ1v) is 6.54. The Morgan fingerprint density at radius 3 is 2.55 bits per heavy atom. The van der Waals surface area contributed by atoms with Crippen molar-refractivity contribution in [2.45, 2.75) is 6.92 Å². The minimum Gasteiger partial charge on any atom is -0.268 e. The number of nitrogens with zero attached hydrogens (tertiary/aromatic N) is 2. The van der Waals surface area contributed by atoms with Gasteiger partial charge >= 0.3 is 0 Å². The molecule has 20 heavy (non-hydrogen) atoms. The normalized spacial score (nSPS) is 11.4. The Morgan fingerprint density at radius 1 is 1.00 bits per heavy atom. The third kappa shape index (κ3) is 1.46. The molecular formula is C17H12N2O. The van der Waals surface area contributed by atoms with Crippen molar-refractivity contribution in [1.29, 1.82) is 0 Å². The molecule has 3 heteroatoms. The number of fused-ring (bicyclic) bond motifs is 3. The zero-order valence-electron chi connectivity index (χ0n) is 11.0. The van der Waals surface area contributed by atoms with Gasteiger partial charge in [0, 0.05) is 6.20 Å². The maximum Gasteiger partial charge on any atom is 0.265 e. The summed E-state index contributed by atoms with van der Waals surface area (Å²) in [6.07, 6.45) is 1.77. The van der Waals surface area contributed by atoms with Crippen LogP contribution >= 0.6 is 0 Å². The lowest BCUT2D eigenvalue weighted by Crippen LogP contribution is -2.15. The highest BCUT2D eigenvalue weighted by Crippen LogP contribution is 2.20. The third-order valence-corrected chi connectivity index (χ3v) is 3.70. The van der Waals surface area contributed by atoms with Crippen molar-refractivity contribution in [2.75, 3.05) is 0 Å². The number of hydrogen-bond donors (Lipinski definition) is 0. The topological polar surface area (TPSA) is 34.4 Å². The lowest BCUT2D eigenvalue weighted by atomic mass is 10.1. The highest BCUT2D eigenvalue weighted by atomic mass is 16.1. The second kappa shape index (κ2) is 3.90. The van der Waals surface area contributed by atoms with Crippen molar-refractivity contribution in [1.82, 2.24) is 9.38 Å². The van der Waals surface area contributed by atoms with Crippen LogP contribution in [-0.4, -0.2) is 9.38 Å². The van der Waals surface area contributed by atoms with Crippen LogP contribution in [0.25, 0.3) is 27.3 Å². The maximum absolute atomic E-state index is 12.6. The van der Waals surface area contributed by atoms with Crippen LogP contribution in [0.1, 0.15) is 5.56 Å². The monoisotopic (exact) mass is 260 g/mol. The molecule has 0 unspecified atom stereocenters. The van der Waals surface area contributed by atoms with E-state index in [4.69, 9.17) is 0 Å². The molecule has 0 radical (unpaired) electrons. The summed E-state index contributed by atoms with van der Waals surface area (Å²) in [5, 5.41) is 2.82. The molecule has 0 atom stereocenters. The molecule has 0 saturated heterocycles. The Balaban J connectivity index is 2.29. The molecule has 3 nitrogen and oxygen atoms in total. The Labute approximate surface area is 115 Å². The molecule has 0 aliphatic heterocycles. The number of pyridine rings is 1. The van der Waals surface area contributed by atoms with Crippen molar-refractivity contribution in [2.24, 2.45) is 0 Å². The van der Waals surface area contributed by atoms with Crippen LogP contribution in [0.3, 0.4) is 0 Å². The van der Waals surface area contributed by atoms with Crippen LogP contribution in [0.2, 0.25) is 0 Å². The predicted molar refractivity (Wildman–Crippen MR) is 81.2 cm³/mol. The van der Waals surface area contributed by atoms with Crippen LogP contribution in [-0.2, 0) is 0 Å². The van der Waals surface area contributed by atoms with E-state index < -0.39 is 0 Å². The van der Waals surface area contributed by atoms with Gasteiger partial charge in [-0.15, -0.1) is 0 Å². The summed E-state index contributed by atoms with van der Waals surface area (Å²) in [4.78, 5) is 17.3. The number of aromatic nitrogens is 2. The van der Waals surface area contributed by atoms with Crippen molar-refractivity contribution in [3.05, 3.63) is 70.6 Å². The van der Waals surface area contributed by atoms with Gasteiger partial charge in [0.15, 0.2) is 0 Å². The highest BCUT2D eigenvalue weighted by Gasteiger charge is 2.07. The van der Waals surface area contributed by atoms with E-state index in [1.54, 1.807) is 10.6 Å². The van der Waals surface area contributed by atoms with Crippen LogP contribution in [0.4, 0.5) is 0 Å². The highest BCUT2D eigenvalue weighted by molar-refractivity contribution is 5.96. The van der Waals surface area contributed by atoms with Gasteiger partial charge in [0.25, 0.3) is 5.56 Å². The van der Waals surface area contributed by atoms with E-state index in [0.29, 0.717) is 5.39 Å². The Kier molecular flexibility index (Phi) is 2.18. The molecule has 0 spiro atoms. The van der Waals surface area contributed by atoms with Gasteiger partial charge in [0.1, 0.15) is 5.65 Å². The standard InChI is InChI=1S/C17H12N2O/c1-11-5-4-8-19-16(11)18-15-10-13-7-3-2-6-12(13)9-14(15)17(19)20/h2-10H,1H3. The Hall–Kier alpha value is -2.68. The lowest BCUT2D eigenvalue weighted by molar-refractivity contribution is 1.06. The van der Waals surface area contributed by atoms with Gasteiger partial charge < -0.3 is 0 Å². The summed E-state index contributed by atoms with van der Waals surface area (Å²) in [5.74, 6) is 0. The lowest BCUT2D eigenvalue weighted by Gasteiger charge is -2.06. The molecule has 0 amide bonds. The second-order valence-corrected chi connectivity index (χ2v) is 5.02. The van der Waals surface area contributed by atoms with E-state index in [9.17, 15) is 4.79 Å². The number of hydrogen-bond acceptors (Lipinski definition) is 2. The minimum absolute atomic E-state index is 0.0144. The number of benzene rings is 2. The van der Waals surface area contributed by atoms with Gasteiger partial charge in [-0.05, 0) is 41.5 Å². The molecule has 2 aromatic heterocycles. The van der Waals surface area contributed by atoms with E-state index in [1.807, 2.05) is 55.5 Å². The molecule has 0 fully saturated rings. The van der Waals surface area contributed by atoms with Gasteiger partial charge in [0.2, 0.25) is 0 Å². The van der Waals surface area contributed by atoms with E-state index in [2.05, 4.69) is 4.98 Å². The summed E-state index contributed by atoms with van der Waals surface area (Å²) in [5.41, 5.74) is 2.46. The first-order chi connectivity index (χ1) is 9.74. The largest absolute Gasteiger partial charge is 0.268 e. The van der Waals surface area contributed by atoms with Crippen LogP contribution < -0.4 is 5.56 Å². The summed E-state index contributed by atoms with van der Waals surface area (Å²) in [7, 11) is 0. The number of aryl methyl sites for hydroxylation is 1. The molecule has 0 N–H and O–H groups in total. The molecule has 4 aromatic rings. The van der Waals surface area contributed by atoms with E-state index in [1.165, 1.54) is 0 Å².